The first-order valence-corrected chi connectivity index (χ1v) is 7.91. The number of anilines is 1. The molecule has 2 rings (SSSR count). The highest BCUT2D eigenvalue weighted by molar-refractivity contribution is 5.66. The number of nitro benzene ring substituents is 1. The third kappa shape index (κ3) is 3.73. The third-order valence-electron chi connectivity index (χ3n) is 4.22. The van der Waals surface area contributed by atoms with Crippen molar-refractivity contribution in [2.24, 2.45) is 0 Å². The van der Waals surface area contributed by atoms with Gasteiger partial charge in [-0.3, -0.25) is 15.0 Å². The summed E-state index contributed by atoms with van der Waals surface area (Å²) in [5.41, 5.74) is 1.93. The van der Waals surface area contributed by atoms with E-state index in [4.69, 9.17) is 0 Å². The number of para-hydroxylation sites is 1. The number of hydrogen-bond donors (Lipinski definition) is 1. The monoisotopic (exact) mass is 291 g/mol. The van der Waals surface area contributed by atoms with Crippen molar-refractivity contribution in [3.63, 3.8) is 0 Å². The first kappa shape index (κ1) is 15.8. The van der Waals surface area contributed by atoms with E-state index < -0.39 is 0 Å². The number of nitro groups is 1. The van der Waals surface area contributed by atoms with Gasteiger partial charge in [0.2, 0.25) is 0 Å². The van der Waals surface area contributed by atoms with Gasteiger partial charge in [0.05, 0.1) is 4.92 Å². The molecular formula is C16H25N3O2. The topological polar surface area (TPSA) is 58.4 Å². The van der Waals surface area contributed by atoms with Crippen LogP contribution in [0.1, 0.15) is 45.1 Å². The number of nitrogens with one attached hydrogen (secondary N) is 1. The van der Waals surface area contributed by atoms with Gasteiger partial charge < -0.3 is 5.32 Å². The molecule has 116 valence electrons. The minimum absolute atomic E-state index is 0.188. The van der Waals surface area contributed by atoms with Crippen molar-refractivity contribution >= 4 is 11.4 Å². The molecule has 0 aliphatic carbocycles. The average molecular weight is 291 g/mol. The largest absolute Gasteiger partial charge is 0.379 e. The molecule has 1 aliphatic rings. The molecular weight excluding hydrogens is 266 g/mol. The zero-order valence-electron chi connectivity index (χ0n) is 13.0. The van der Waals surface area contributed by atoms with Gasteiger partial charge in [0.1, 0.15) is 5.69 Å². The Morgan fingerprint density at radius 1 is 1.43 bits per heavy atom. The maximum atomic E-state index is 11.2. The molecule has 1 N–H and O–H groups in total. The molecule has 0 radical (unpaired) electrons. The number of rotatable bonds is 7. The van der Waals surface area contributed by atoms with Gasteiger partial charge in [-0.2, -0.15) is 0 Å². The van der Waals surface area contributed by atoms with Crippen molar-refractivity contribution in [3.8, 4) is 0 Å². The van der Waals surface area contributed by atoms with Gasteiger partial charge in [-0.15, -0.1) is 0 Å². The molecule has 1 aliphatic heterocycles. The summed E-state index contributed by atoms with van der Waals surface area (Å²) in [6.07, 6.45) is 4.56. The van der Waals surface area contributed by atoms with E-state index in [1.807, 2.05) is 6.07 Å². The van der Waals surface area contributed by atoms with Gasteiger partial charge in [0.25, 0.3) is 5.69 Å². The molecule has 0 amide bonds. The summed E-state index contributed by atoms with van der Waals surface area (Å²) in [6.45, 7) is 6.93. The molecule has 0 bridgehead atoms. The molecule has 1 atom stereocenters. The summed E-state index contributed by atoms with van der Waals surface area (Å²) in [5, 5.41) is 14.5. The molecule has 1 aromatic carbocycles. The van der Waals surface area contributed by atoms with E-state index in [2.05, 4.69) is 24.1 Å². The summed E-state index contributed by atoms with van der Waals surface area (Å²) in [4.78, 5) is 13.4. The SMILES string of the molecule is CCCNc1c(CN2CCCC2CC)cccc1[N+](=O)[O-]. The predicted molar refractivity (Wildman–Crippen MR) is 85.6 cm³/mol. The Labute approximate surface area is 126 Å². The number of likely N-dealkylation sites (tertiary alicyclic amines) is 1. The highest BCUT2D eigenvalue weighted by Crippen LogP contribution is 2.31. The van der Waals surface area contributed by atoms with Gasteiger partial charge >= 0.3 is 0 Å². The Hall–Kier alpha value is -1.62. The fourth-order valence-corrected chi connectivity index (χ4v) is 3.11. The lowest BCUT2D eigenvalue weighted by atomic mass is 10.1. The zero-order chi connectivity index (χ0) is 15.2. The maximum absolute atomic E-state index is 11.2. The third-order valence-corrected chi connectivity index (χ3v) is 4.22. The minimum Gasteiger partial charge on any atom is -0.379 e. The Morgan fingerprint density at radius 2 is 2.24 bits per heavy atom. The van der Waals surface area contributed by atoms with Gasteiger partial charge in [0.15, 0.2) is 0 Å². The second-order valence-corrected chi connectivity index (χ2v) is 5.67. The minimum atomic E-state index is -0.289. The van der Waals surface area contributed by atoms with Crippen LogP contribution < -0.4 is 5.32 Å². The Bertz CT molecular complexity index is 490. The predicted octanol–water partition coefficient (Wildman–Crippen LogP) is 3.79. The van der Waals surface area contributed by atoms with Crippen molar-refractivity contribution < 1.29 is 4.92 Å². The Balaban J connectivity index is 2.24. The summed E-state index contributed by atoms with van der Waals surface area (Å²) in [5.74, 6) is 0. The molecule has 0 aromatic heterocycles. The van der Waals surface area contributed by atoms with E-state index >= 15 is 0 Å². The number of hydrogen-bond acceptors (Lipinski definition) is 4. The summed E-state index contributed by atoms with van der Waals surface area (Å²) < 4.78 is 0. The second-order valence-electron chi connectivity index (χ2n) is 5.67. The average Bonchev–Trinajstić information content (AvgIpc) is 2.92. The summed E-state index contributed by atoms with van der Waals surface area (Å²) in [7, 11) is 0. The van der Waals surface area contributed by atoms with Crippen LogP contribution in [-0.2, 0) is 6.54 Å². The normalized spacial score (nSPS) is 18.9. The zero-order valence-corrected chi connectivity index (χ0v) is 13.0. The van der Waals surface area contributed by atoms with Crippen LogP contribution >= 0.6 is 0 Å². The Kier molecular flexibility index (Phi) is 5.56. The van der Waals surface area contributed by atoms with Crippen LogP contribution in [0.3, 0.4) is 0 Å². The van der Waals surface area contributed by atoms with E-state index in [0.29, 0.717) is 11.7 Å². The van der Waals surface area contributed by atoms with Crippen molar-refractivity contribution in [1.82, 2.24) is 4.90 Å². The maximum Gasteiger partial charge on any atom is 0.292 e. The lowest BCUT2D eigenvalue weighted by molar-refractivity contribution is -0.384. The van der Waals surface area contributed by atoms with Crippen molar-refractivity contribution in [1.29, 1.82) is 0 Å². The van der Waals surface area contributed by atoms with E-state index in [1.165, 1.54) is 12.8 Å². The smallest absolute Gasteiger partial charge is 0.292 e. The van der Waals surface area contributed by atoms with Crippen LogP contribution in [0.2, 0.25) is 0 Å². The number of benzene rings is 1. The highest BCUT2D eigenvalue weighted by Gasteiger charge is 2.25. The quantitative estimate of drug-likeness (QED) is 0.613. The molecule has 1 fully saturated rings. The van der Waals surface area contributed by atoms with Crippen LogP contribution in [0.5, 0.6) is 0 Å². The second kappa shape index (κ2) is 7.41. The summed E-state index contributed by atoms with van der Waals surface area (Å²) >= 11 is 0. The van der Waals surface area contributed by atoms with Crippen LogP contribution in [-0.4, -0.2) is 29.0 Å². The van der Waals surface area contributed by atoms with Crippen molar-refractivity contribution in [2.75, 3.05) is 18.4 Å². The molecule has 5 nitrogen and oxygen atoms in total. The van der Waals surface area contributed by atoms with E-state index in [1.54, 1.807) is 12.1 Å². The molecule has 1 saturated heterocycles. The van der Waals surface area contributed by atoms with Crippen LogP contribution in [0, 0.1) is 10.1 Å². The van der Waals surface area contributed by atoms with Gasteiger partial charge in [0, 0.05) is 25.2 Å². The molecule has 1 aromatic rings. The summed E-state index contributed by atoms with van der Waals surface area (Å²) in [6, 6.07) is 6.00. The van der Waals surface area contributed by atoms with Crippen LogP contribution in [0.15, 0.2) is 18.2 Å². The van der Waals surface area contributed by atoms with E-state index in [9.17, 15) is 10.1 Å². The lowest BCUT2D eigenvalue weighted by Gasteiger charge is -2.24. The Morgan fingerprint density at radius 3 is 2.90 bits per heavy atom. The first-order chi connectivity index (χ1) is 10.2. The van der Waals surface area contributed by atoms with E-state index in [0.717, 1.165) is 38.0 Å². The van der Waals surface area contributed by atoms with Crippen LogP contribution in [0.4, 0.5) is 11.4 Å². The molecule has 1 unspecified atom stereocenters. The standard InChI is InChI=1S/C16H25N3O2/c1-3-10-17-16-13(7-5-9-15(16)19(20)21)12-18-11-6-8-14(18)4-2/h5,7,9,14,17H,3-4,6,8,10-12H2,1-2H3. The van der Waals surface area contributed by atoms with Gasteiger partial charge in [-0.05, 0) is 37.8 Å². The molecule has 5 heteroatoms. The van der Waals surface area contributed by atoms with Crippen LogP contribution in [0.25, 0.3) is 0 Å². The highest BCUT2D eigenvalue weighted by atomic mass is 16.6. The van der Waals surface area contributed by atoms with Gasteiger partial charge in [-0.1, -0.05) is 26.0 Å². The van der Waals surface area contributed by atoms with Crippen molar-refractivity contribution in [3.05, 3.63) is 33.9 Å². The van der Waals surface area contributed by atoms with Crippen molar-refractivity contribution in [2.45, 2.75) is 52.1 Å². The molecule has 0 spiro atoms. The molecule has 0 saturated carbocycles. The molecule has 21 heavy (non-hydrogen) atoms. The first-order valence-electron chi connectivity index (χ1n) is 7.91. The lowest BCUT2D eigenvalue weighted by Crippen LogP contribution is -2.28. The number of nitrogens with zero attached hydrogens (tertiary/aromatic N) is 2. The fourth-order valence-electron chi connectivity index (χ4n) is 3.11. The molecule has 1 heterocycles. The fraction of sp³-hybridized carbons (Fsp3) is 0.625. The van der Waals surface area contributed by atoms with E-state index in [-0.39, 0.29) is 10.6 Å². The van der Waals surface area contributed by atoms with Gasteiger partial charge in [-0.25, -0.2) is 0 Å².